The minimum Gasteiger partial charge on any atom is -0.418 e. The zero-order valence-corrected chi connectivity index (χ0v) is 10.1. The van der Waals surface area contributed by atoms with Gasteiger partial charge in [0, 0.05) is 11.6 Å². The van der Waals surface area contributed by atoms with Gasteiger partial charge in [0.1, 0.15) is 0 Å². The molecular formula is C14H12O5. The van der Waals surface area contributed by atoms with Crippen molar-refractivity contribution in [3.8, 4) is 0 Å². The average Bonchev–Trinajstić information content (AvgIpc) is 2.45. The Balaban J connectivity index is 2.82. The van der Waals surface area contributed by atoms with Crippen LogP contribution in [0.4, 0.5) is 0 Å². The van der Waals surface area contributed by atoms with E-state index >= 15 is 0 Å². The number of benzene rings is 1. The summed E-state index contributed by atoms with van der Waals surface area (Å²) in [6, 6.07) is 6.11. The van der Waals surface area contributed by atoms with Gasteiger partial charge in [0.25, 0.3) is 6.29 Å². The fourth-order valence-corrected chi connectivity index (χ4v) is 1.24. The van der Waals surface area contributed by atoms with E-state index < -0.39 is 18.2 Å². The molecule has 0 saturated heterocycles. The minimum absolute atomic E-state index is 0.0824. The lowest BCUT2D eigenvalue weighted by Crippen LogP contribution is -2.22. The molecule has 0 N–H and O–H groups in total. The van der Waals surface area contributed by atoms with Gasteiger partial charge in [-0.1, -0.05) is 31.4 Å². The average molecular weight is 260 g/mol. The standard InChI is InChI=1S/C14H12O5/c1-3-12(16)18-13(4-2)19-14(17)11-8-6-5-7-10(11)9-15/h3-9,13H,1-2H2. The summed E-state index contributed by atoms with van der Waals surface area (Å²) in [5.74, 6) is -1.54. The second kappa shape index (κ2) is 6.90. The summed E-state index contributed by atoms with van der Waals surface area (Å²) in [7, 11) is 0. The Morgan fingerprint density at radius 2 is 1.84 bits per heavy atom. The molecule has 0 amide bonds. The maximum Gasteiger partial charge on any atom is 0.342 e. The first-order valence-electron chi connectivity index (χ1n) is 5.33. The van der Waals surface area contributed by atoms with Crippen LogP contribution in [0.3, 0.4) is 0 Å². The molecule has 0 radical (unpaired) electrons. The minimum atomic E-state index is -1.24. The van der Waals surface area contributed by atoms with Gasteiger partial charge in [-0.15, -0.1) is 0 Å². The summed E-state index contributed by atoms with van der Waals surface area (Å²) in [4.78, 5) is 33.6. The highest BCUT2D eigenvalue weighted by Crippen LogP contribution is 2.10. The number of carbonyl (C=O) groups excluding carboxylic acids is 3. The van der Waals surface area contributed by atoms with Gasteiger partial charge in [-0.2, -0.15) is 0 Å². The fourth-order valence-electron chi connectivity index (χ4n) is 1.24. The third-order valence-corrected chi connectivity index (χ3v) is 2.12. The summed E-state index contributed by atoms with van der Waals surface area (Å²) in [6.07, 6.45) is 1.37. The van der Waals surface area contributed by atoms with Crippen molar-refractivity contribution in [3.05, 3.63) is 60.7 Å². The molecule has 0 bridgehead atoms. The summed E-state index contributed by atoms with van der Waals surface area (Å²) in [6.45, 7) is 6.60. The Morgan fingerprint density at radius 1 is 1.16 bits per heavy atom. The van der Waals surface area contributed by atoms with Crippen LogP contribution in [0.15, 0.2) is 49.6 Å². The maximum atomic E-state index is 11.8. The van der Waals surface area contributed by atoms with E-state index in [0.717, 1.165) is 12.2 Å². The first-order valence-corrected chi connectivity index (χ1v) is 5.33. The van der Waals surface area contributed by atoms with Crippen molar-refractivity contribution < 1.29 is 23.9 Å². The van der Waals surface area contributed by atoms with E-state index in [1.165, 1.54) is 12.1 Å². The molecule has 1 atom stereocenters. The van der Waals surface area contributed by atoms with Crippen LogP contribution in [0.1, 0.15) is 20.7 Å². The molecule has 1 rings (SSSR count). The van der Waals surface area contributed by atoms with E-state index in [-0.39, 0.29) is 11.1 Å². The summed E-state index contributed by atoms with van der Waals surface area (Å²) < 4.78 is 9.60. The lowest BCUT2D eigenvalue weighted by molar-refractivity contribution is -0.155. The molecule has 0 aliphatic rings. The Morgan fingerprint density at radius 3 is 2.42 bits per heavy atom. The van der Waals surface area contributed by atoms with Crippen LogP contribution in [-0.4, -0.2) is 24.5 Å². The van der Waals surface area contributed by atoms with Crippen LogP contribution in [0.2, 0.25) is 0 Å². The van der Waals surface area contributed by atoms with Crippen molar-refractivity contribution in [1.82, 2.24) is 0 Å². The molecule has 0 heterocycles. The number of hydrogen-bond donors (Lipinski definition) is 0. The van der Waals surface area contributed by atoms with Crippen LogP contribution in [-0.2, 0) is 14.3 Å². The monoisotopic (exact) mass is 260 g/mol. The molecular weight excluding hydrogens is 248 g/mol. The van der Waals surface area contributed by atoms with E-state index in [9.17, 15) is 14.4 Å². The molecule has 98 valence electrons. The highest BCUT2D eigenvalue weighted by molar-refractivity contribution is 5.98. The first kappa shape index (κ1) is 14.4. The van der Waals surface area contributed by atoms with Gasteiger partial charge in [-0.3, -0.25) is 4.79 Å². The zero-order valence-electron chi connectivity index (χ0n) is 10.1. The smallest absolute Gasteiger partial charge is 0.342 e. The second-order valence-corrected chi connectivity index (χ2v) is 3.36. The van der Waals surface area contributed by atoms with Gasteiger partial charge in [0.15, 0.2) is 6.29 Å². The molecule has 5 heteroatoms. The SMILES string of the molecule is C=CC(=O)OC(C=C)OC(=O)c1ccccc1C=O. The predicted molar refractivity (Wildman–Crippen MR) is 67.5 cm³/mol. The quantitative estimate of drug-likeness (QED) is 0.257. The summed E-state index contributed by atoms with van der Waals surface area (Å²) >= 11 is 0. The van der Waals surface area contributed by atoms with Crippen LogP contribution < -0.4 is 0 Å². The Kier molecular flexibility index (Phi) is 5.22. The third-order valence-electron chi connectivity index (χ3n) is 2.12. The lowest BCUT2D eigenvalue weighted by Gasteiger charge is -2.14. The Bertz CT molecular complexity index is 518. The first-order chi connectivity index (χ1) is 9.12. The number of esters is 2. The fraction of sp³-hybridized carbons (Fsp3) is 0.0714. The van der Waals surface area contributed by atoms with Gasteiger partial charge >= 0.3 is 11.9 Å². The van der Waals surface area contributed by atoms with Gasteiger partial charge in [-0.05, 0) is 12.1 Å². The number of hydrogen-bond acceptors (Lipinski definition) is 5. The molecule has 0 aliphatic heterocycles. The predicted octanol–water partition coefficient (Wildman–Crippen LogP) is 1.90. The highest BCUT2D eigenvalue weighted by Gasteiger charge is 2.18. The molecule has 0 aromatic heterocycles. The topological polar surface area (TPSA) is 69.7 Å². The number of carbonyl (C=O) groups is 3. The van der Waals surface area contributed by atoms with Crippen molar-refractivity contribution in [2.45, 2.75) is 6.29 Å². The molecule has 5 nitrogen and oxygen atoms in total. The van der Waals surface area contributed by atoms with Crippen molar-refractivity contribution in [1.29, 1.82) is 0 Å². The van der Waals surface area contributed by atoms with Crippen LogP contribution >= 0.6 is 0 Å². The van der Waals surface area contributed by atoms with Crippen LogP contribution in [0.25, 0.3) is 0 Å². The molecule has 0 saturated carbocycles. The van der Waals surface area contributed by atoms with E-state index in [0.29, 0.717) is 6.29 Å². The van der Waals surface area contributed by atoms with Gasteiger partial charge in [0.2, 0.25) is 0 Å². The molecule has 0 aliphatic carbocycles. The van der Waals surface area contributed by atoms with Crippen molar-refractivity contribution in [3.63, 3.8) is 0 Å². The van der Waals surface area contributed by atoms with Gasteiger partial charge in [-0.25, -0.2) is 9.59 Å². The number of rotatable bonds is 6. The molecule has 19 heavy (non-hydrogen) atoms. The van der Waals surface area contributed by atoms with E-state index in [2.05, 4.69) is 13.2 Å². The molecule has 1 aromatic rings. The second-order valence-electron chi connectivity index (χ2n) is 3.36. The Labute approximate surface area is 110 Å². The Hall–Kier alpha value is -2.69. The largest absolute Gasteiger partial charge is 0.418 e. The van der Waals surface area contributed by atoms with Gasteiger partial charge in [0.05, 0.1) is 5.56 Å². The van der Waals surface area contributed by atoms with E-state index in [1.54, 1.807) is 12.1 Å². The highest BCUT2D eigenvalue weighted by atomic mass is 16.7. The number of aldehydes is 1. The van der Waals surface area contributed by atoms with E-state index in [4.69, 9.17) is 9.47 Å². The van der Waals surface area contributed by atoms with Gasteiger partial charge < -0.3 is 9.47 Å². The van der Waals surface area contributed by atoms with Crippen molar-refractivity contribution >= 4 is 18.2 Å². The summed E-state index contributed by atoms with van der Waals surface area (Å²) in [5.41, 5.74) is 0.268. The lowest BCUT2D eigenvalue weighted by atomic mass is 10.1. The molecule has 0 spiro atoms. The number of ether oxygens (including phenoxy) is 2. The third kappa shape index (κ3) is 3.92. The normalized spacial score (nSPS) is 10.9. The van der Waals surface area contributed by atoms with Crippen molar-refractivity contribution in [2.75, 3.05) is 0 Å². The summed E-state index contributed by atoms with van der Waals surface area (Å²) in [5, 5.41) is 0. The van der Waals surface area contributed by atoms with Crippen LogP contribution in [0, 0.1) is 0 Å². The van der Waals surface area contributed by atoms with E-state index in [1.807, 2.05) is 0 Å². The van der Waals surface area contributed by atoms with Crippen LogP contribution in [0.5, 0.6) is 0 Å². The maximum absolute atomic E-state index is 11.8. The molecule has 0 fully saturated rings. The van der Waals surface area contributed by atoms with Crippen molar-refractivity contribution in [2.24, 2.45) is 0 Å². The molecule has 1 unspecified atom stereocenters. The molecule has 1 aromatic carbocycles. The zero-order chi connectivity index (χ0) is 14.3.